The molecule has 1 aliphatic heterocycles. The van der Waals surface area contributed by atoms with E-state index in [1.165, 1.54) is 0 Å². The van der Waals surface area contributed by atoms with Gasteiger partial charge in [-0.05, 0) is 68.5 Å². The molecule has 1 unspecified atom stereocenters. The molecule has 1 aromatic carbocycles. The Morgan fingerprint density at radius 1 is 1.10 bits per heavy atom. The predicted molar refractivity (Wildman–Crippen MR) is 116 cm³/mol. The van der Waals surface area contributed by atoms with E-state index < -0.39 is 0 Å². The number of ether oxygens (including phenoxy) is 2. The molecule has 1 atom stereocenters. The first-order valence-electron chi connectivity index (χ1n) is 11.0. The fourth-order valence-corrected chi connectivity index (χ4v) is 3.77. The average molecular weight is 424 g/mol. The van der Waals surface area contributed by atoms with Crippen molar-refractivity contribution in [1.82, 2.24) is 15.2 Å². The van der Waals surface area contributed by atoms with Crippen molar-refractivity contribution in [2.75, 3.05) is 19.7 Å². The van der Waals surface area contributed by atoms with Crippen LogP contribution in [0.1, 0.15) is 48.5 Å². The molecule has 2 aliphatic rings. The molecule has 0 bridgehead atoms. The van der Waals surface area contributed by atoms with Crippen molar-refractivity contribution in [3.05, 3.63) is 53.9 Å². The fourth-order valence-electron chi connectivity index (χ4n) is 3.77. The van der Waals surface area contributed by atoms with E-state index in [9.17, 15) is 9.59 Å². The first-order valence-corrected chi connectivity index (χ1v) is 11.0. The van der Waals surface area contributed by atoms with Gasteiger partial charge in [0.25, 0.3) is 5.91 Å². The molecule has 7 nitrogen and oxygen atoms in total. The standard InChI is InChI=1S/C24H29N3O4/c1-2-30-22-14-18(5-8-21(22)31-16-17-9-11-25-12-10-17)24(29)27-13-3-4-19(15-27)23(28)26-20-6-7-20/h5,8-12,14,19-20H,2-4,6-7,13,15-16H2,1H3,(H,26,28). The summed E-state index contributed by atoms with van der Waals surface area (Å²) in [4.78, 5) is 31.4. The quantitative estimate of drug-likeness (QED) is 0.705. The van der Waals surface area contributed by atoms with Crippen LogP contribution < -0.4 is 14.8 Å². The van der Waals surface area contributed by atoms with Crippen LogP contribution in [0.15, 0.2) is 42.7 Å². The predicted octanol–water partition coefficient (Wildman–Crippen LogP) is 3.19. The van der Waals surface area contributed by atoms with Crippen LogP contribution in [0.5, 0.6) is 11.5 Å². The van der Waals surface area contributed by atoms with Crippen molar-refractivity contribution in [1.29, 1.82) is 0 Å². The molecule has 31 heavy (non-hydrogen) atoms. The lowest BCUT2D eigenvalue weighted by atomic mass is 9.96. The maximum absolute atomic E-state index is 13.1. The molecule has 2 fully saturated rings. The number of benzene rings is 1. The molecular formula is C24H29N3O4. The number of aromatic nitrogens is 1. The van der Waals surface area contributed by atoms with Crippen LogP contribution in [-0.2, 0) is 11.4 Å². The van der Waals surface area contributed by atoms with E-state index in [-0.39, 0.29) is 17.7 Å². The van der Waals surface area contributed by atoms with Gasteiger partial charge in [-0.3, -0.25) is 14.6 Å². The highest BCUT2D eigenvalue weighted by molar-refractivity contribution is 5.95. The number of piperidine rings is 1. The maximum atomic E-state index is 13.1. The topological polar surface area (TPSA) is 80.8 Å². The third-order valence-corrected chi connectivity index (χ3v) is 5.64. The summed E-state index contributed by atoms with van der Waals surface area (Å²) in [5.41, 5.74) is 1.55. The van der Waals surface area contributed by atoms with Gasteiger partial charge in [0, 0.05) is 37.1 Å². The molecular weight excluding hydrogens is 394 g/mol. The molecule has 2 amide bonds. The molecule has 1 N–H and O–H groups in total. The summed E-state index contributed by atoms with van der Waals surface area (Å²) < 4.78 is 11.7. The van der Waals surface area contributed by atoms with Gasteiger partial charge in [-0.2, -0.15) is 0 Å². The van der Waals surface area contributed by atoms with Gasteiger partial charge in [0.1, 0.15) is 6.61 Å². The van der Waals surface area contributed by atoms with Crippen LogP contribution in [0.3, 0.4) is 0 Å². The SMILES string of the molecule is CCOc1cc(C(=O)N2CCCC(C(=O)NC3CC3)C2)ccc1OCc1ccncc1. The van der Waals surface area contributed by atoms with Gasteiger partial charge >= 0.3 is 0 Å². The lowest BCUT2D eigenvalue weighted by molar-refractivity contribution is -0.126. The first kappa shape index (κ1) is 21.2. The minimum Gasteiger partial charge on any atom is -0.490 e. The zero-order chi connectivity index (χ0) is 21.6. The van der Waals surface area contributed by atoms with Crippen LogP contribution in [-0.4, -0.2) is 47.4 Å². The van der Waals surface area contributed by atoms with Gasteiger partial charge < -0.3 is 19.7 Å². The molecule has 2 heterocycles. The highest BCUT2D eigenvalue weighted by Crippen LogP contribution is 2.30. The molecule has 0 radical (unpaired) electrons. The van der Waals surface area contributed by atoms with E-state index in [4.69, 9.17) is 9.47 Å². The largest absolute Gasteiger partial charge is 0.490 e. The minimum atomic E-state index is -0.132. The molecule has 1 saturated heterocycles. The second-order valence-electron chi connectivity index (χ2n) is 8.11. The maximum Gasteiger partial charge on any atom is 0.254 e. The highest BCUT2D eigenvalue weighted by Gasteiger charge is 2.32. The van der Waals surface area contributed by atoms with Crippen molar-refractivity contribution in [2.45, 2.75) is 45.3 Å². The number of amides is 2. The Hall–Kier alpha value is -3.09. The summed E-state index contributed by atoms with van der Waals surface area (Å²) in [6, 6.07) is 9.41. The number of carbonyl (C=O) groups is 2. The Morgan fingerprint density at radius 3 is 2.65 bits per heavy atom. The number of nitrogens with one attached hydrogen (secondary N) is 1. The van der Waals surface area contributed by atoms with Crippen LogP contribution in [0.2, 0.25) is 0 Å². The van der Waals surface area contributed by atoms with Gasteiger partial charge in [0.05, 0.1) is 12.5 Å². The Balaban J connectivity index is 1.43. The third kappa shape index (κ3) is 5.54. The summed E-state index contributed by atoms with van der Waals surface area (Å²) in [5, 5.41) is 3.07. The van der Waals surface area contributed by atoms with Crippen molar-refractivity contribution >= 4 is 11.8 Å². The zero-order valence-electron chi connectivity index (χ0n) is 17.9. The van der Waals surface area contributed by atoms with Crippen molar-refractivity contribution < 1.29 is 19.1 Å². The lowest BCUT2D eigenvalue weighted by Gasteiger charge is -2.32. The van der Waals surface area contributed by atoms with E-state index in [2.05, 4.69) is 10.3 Å². The van der Waals surface area contributed by atoms with E-state index in [0.29, 0.717) is 49.4 Å². The molecule has 164 valence electrons. The summed E-state index contributed by atoms with van der Waals surface area (Å²) in [5.74, 6) is 1.01. The third-order valence-electron chi connectivity index (χ3n) is 5.64. The number of hydrogen-bond donors (Lipinski definition) is 1. The van der Waals surface area contributed by atoms with Gasteiger partial charge in [-0.15, -0.1) is 0 Å². The van der Waals surface area contributed by atoms with E-state index >= 15 is 0 Å². The zero-order valence-corrected chi connectivity index (χ0v) is 17.9. The fraction of sp³-hybridized carbons (Fsp3) is 0.458. The monoisotopic (exact) mass is 423 g/mol. The Kier molecular flexibility index (Phi) is 6.70. The van der Waals surface area contributed by atoms with Crippen LogP contribution in [0.25, 0.3) is 0 Å². The van der Waals surface area contributed by atoms with Crippen molar-refractivity contribution in [2.24, 2.45) is 5.92 Å². The number of likely N-dealkylation sites (tertiary alicyclic amines) is 1. The number of nitrogens with zero attached hydrogens (tertiary/aromatic N) is 2. The van der Waals surface area contributed by atoms with Crippen molar-refractivity contribution in [3.63, 3.8) is 0 Å². The Labute approximate surface area is 182 Å². The van der Waals surface area contributed by atoms with Gasteiger partial charge in [-0.1, -0.05) is 0 Å². The number of pyridine rings is 1. The second kappa shape index (κ2) is 9.81. The number of rotatable bonds is 8. The summed E-state index contributed by atoms with van der Waals surface area (Å²) in [6.45, 7) is 3.88. The van der Waals surface area contributed by atoms with E-state index in [0.717, 1.165) is 31.2 Å². The molecule has 1 saturated carbocycles. The molecule has 2 aromatic rings. The molecule has 4 rings (SSSR count). The van der Waals surface area contributed by atoms with E-state index in [1.54, 1.807) is 35.5 Å². The molecule has 1 aromatic heterocycles. The summed E-state index contributed by atoms with van der Waals surface area (Å²) >= 11 is 0. The van der Waals surface area contributed by atoms with Gasteiger partial charge in [-0.25, -0.2) is 0 Å². The van der Waals surface area contributed by atoms with Crippen LogP contribution in [0, 0.1) is 5.92 Å². The average Bonchev–Trinajstić information content (AvgIpc) is 3.62. The van der Waals surface area contributed by atoms with Crippen molar-refractivity contribution in [3.8, 4) is 11.5 Å². The van der Waals surface area contributed by atoms with Gasteiger partial charge in [0.2, 0.25) is 5.91 Å². The normalized spacial score (nSPS) is 18.4. The second-order valence-corrected chi connectivity index (χ2v) is 8.11. The first-order chi connectivity index (χ1) is 15.1. The minimum absolute atomic E-state index is 0.0782. The lowest BCUT2D eigenvalue weighted by Crippen LogP contribution is -2.45. The summed E-state index contributed by atoms with van der Waals surface area (Å²) in [6.07, 6.45) is 7.24. The number of hydrogen-bond acceptors (Lipinski definition) is 5. The highest BCUT2D eigenvalue weighted by atomic mass is 16.5. The van der Waals surface area contributed by atoms with Crippen LogP contribution >= 0.6 is 0 Å². The Bertz CT molecular complexity index is 914. The van der Waals surface area contributed by atoms with E-state index in [1.807, 2.05) is 19.1 Å². The smallest absolute Gasteiger partial charge is 0.254 e. The molecule has 0 spiro atoms. The van der Waals surface area contributed by atoms with Gasteiger partial charge in [0.15, 0.2) is 11.5 Å². The summed E-state index contributed by atoms with van der Waals surface area (Å²) in [7, 11) is 0. The van der Waals surface area contributed by atoms with Crippen LogP contribution in [0.4, 0.5) is 0 Å². The molecule has 1 aliphatic carbocycles. The number of carbonyl (C=O) groups excluding carboxylic acids is 2. The Morgan fingerprint density at radius 2 is 1.90 bits per heavy atom. The molecule has 7 heteroatoms.